The number of aromatic nitrogens is 1. The van der Waals surface area contributed by atoms with Crippen LogP contribution in [-0.4, -0.2) is 41.7 Å². The quantitative estimate of drug-likeness (QED) is 0.381. The number of fused-ring (bicyclic) bond motifs is 2. The molecule has 0 bridgehead atoms. The molecular formula is C24H21N3O7S. The Morgan fingerprint density at radius 2 is 1.74 bits per heavy atom. The highest BCUT2D eigenvalue weighted by molar-refractivity contribution is 7.16. The summed E-state index contributed by atoms with van der Waals surface area (Å²) in [6.45, 7) is 2.43. The molecule has 35 heavy (non-hydrogen) atoms. The first-order valence-electron chi connectivity index (χ1n) is 11.1. The van der Waals surface area contributed by atoms with Crippen LogP contribution in [0, 0.1) is 0 Å². The summed E-state index contributed by atoms with van der Waals surface area (Å²) in [7, 11) is 0. The zero-order chi connectivity index (χ0) is 24.5. The Bertz CT molecular complexity index is 1410. The lowest BCUT2D eigenvalue weighted by atomic mass is 10.2. The van der Waals surface area contributed by atoms with E-state index in [1.807, 2.05) is 12.1 Å². The van der Waals surface area contributed by atoms with Crippen molar-refractivity contribution in [3.05, 3.63) is 46.8 Å². The maximum Gasteiger partial charge on any atom is 0.307 e. The number of esters is 1. The lowest BCUT2D eigenvalue weighted by Gasteiger charge is -2.13. The highest BCUT2D eigenvalue weighted by Crippen LogP contribution is 2.37. The second-order valence-corrected chi connectivity index (χ2v) is 8.86. The van der Waals surface area contributed by atoms with E-state index in [0.717, 1.165) is 15.1 Å². The summed E-state index contributed by atoms with van der Waals surface area (Å²) in [4.78, 5) is 54.7. The summed E-state index contributed by atoms with van der Waals surface area (Å²) in [5, 5.41) is 0. The highest BCUT2D eigenvalue weighted by Gasteiger charge is 2.30. The van der Waals surface area contributed by atoms with Crippen molar-refractivity contribution < 1.29 is 33.4 Å². The number of amides is 3. The molecule has 0 N–H and O–H groups in total. The number of aryl methyl sites for hydroxylation is 1. The number of benzene rings is 2. The van der Waals surface area contributed by atoms with Crippen LogP contribution in [0.1, 0.15) is 36.5 Å². The summed E-state index contributed by atoms with van der Waals surface area (Å²) in [6, 6.07) is 9.82. The van der Waals surface area contributed by atoms with Crippen LogP contribution in [0.3, 0.4) is 0 Å². The van der Waals surface area contributed by atoms with E-state index in [1.54, 1.807) is 23.6 Å². The van der Waals surface area contributed by atoms with E-state index in [9.17, 15) is 19.2 Å². The summed E-state index contributed by atoms with van der Waals surface area (Å²) >= 11 is 1.29. The van der Waals surface area contributed by atoms with Gasteiger partial charge in [0, 0.05) is 37.1 Å². The monoisotopic (exact) mass is 495 g/mol. The number of rotatable bonds is 6. The molecule has 0 saturated carbocycles. The molecule has 3 aromatic rings. The molecule has 0 spiro atoms. The number of hydrogen-bond donors (Lipinski definition) is 0. The summed E-state index contributed by atoms with van der Waals surface area (Å²) in [5.74, 6) is -0.167. The smallest absolute Gasteiger partial charge is 0.307 e. The molecule has 11 heteroatoms. The molecular weight excluding hydrogens is 474 g/mol. The molecule has 2 aliphatic rings. The van der Waals surface area contributed by atoms with Crippen molar-refractivity contribution in [3.63, 3.8) is 0 Å². The number of hydrogen-bond acceptors (Lipinski definition) is 8. The molecule has 3 heterocycles. The number of carbonyl (C=O) groups is 4. The molecule has 3 amide bonds. The molecule has 2 aromatic carbocycles. The van der Waals surface area contributed by atoms with Crippen molar-refractivity contribution in [3.8, 4) is 11.5 Å². The van der Waals surface area contributed by atoms with Crippen molar-refractivity contribution >= 4 is 50.9 Å². The second-order valence-electron chi connectivity index (χ2n) is 7.85. The fourth-order valence-electron chi connectivity index (χ4n) is 3.97. The molecule has 2 aliphatic heterocycles. The van der Waals surface area contributed by atoms with E-state index in [2.05, 4.69) is 4.99 Å². The summed E-state index contributed by atoms with van der Waals surface area (Å²) in [5.41, 5.74) is 1.49. The van der Waals surface area contributed by atoms with E-state index >= 15 is 0 Å². The number of carbonyl (C=O) groups excluding carboxylic acids is 4. The number of anilines is 1. The standard InChI is InChI=1S/C24H21N3O7S/c1-2-32-22(30)9-10-26-16-11-17-18(34-13-33-17)12-19(16)35-24(26)25-23(31)14-3-5-15(6-4-14)27-20(28)7-8-21(27)29/h3-6,11-12H,2,7-10,13H2,1H3. The van der Waals surface area contributed by atoms with Crippen LogP contribution >= 0.6 is 11.3 Å². The highest BCUT2D eigenvalue weighted by atomic mass is 32.1. The van der Waals surface area contributed by atoms with E-state index in [-0.39, 0.29) is 57.0 Å². The van der Waals surface area contributed by atoms with Gasteiger partial charge in [-0.25, -0.2) is 0 Å². The molecule has 180 valence electrons. The van der Waals surface area contributed by atoms with E-state index < -0.39 is 5.91 Å². The van der Waals surface area contributed by atoms with Gasteiger partial charge in [-0.15, -0.1) is 0 Å². The molecule has 1 saturated heterocycles. The van der Waals surface area contributed by atoms with Gasteiger partial charge in [0.15, 0.2) is 16.3 Å². The van der Waals surface area contributed by atoms with Crippen molar-refractivity contribution in [2.45, 2.75) is 32.7 Å². The van der Waals surface area contributed by atoms with Crippen LogP contribution in [0.15, 0.2) is 41.4 Å². The lowest BCUT2D eigenvalue weighted by molar-refractivity contribution is -0.143. The van der Waals surface area contributed by atoms with Crippen LogP contribution < -0.4 is 19.2 Å². The topological polar surface area (TPSA) is 116 Å². The van der Waals surface area contributed by atoms with Gasteiger partial charge < -0.3 is 18.8 Å². The second kappa shape index (κ2) is 9.34. The van der Waals surface area contributed by atoms with Crippen LogP contribution in [0.5, 0.6) is 11.5 Å². The maximum absolute atomic E-state index is 13.0. The van der Waals surface area contributed by atoms with Crippen molar-refractivity contribution in [2.24, 2.45) is 4.99 Å². The predicted molar refractivity (Wildman–Crippen MR) is 125 cm³/mol. The van der Waals surface area contributed by atoms with Gasteiger partial charge in [0.1, 0.15) is 0 Å². The van der Waals surface area contributed by atoms with Gasteiger partial charge in [-0.05, 0) is 31.2 Å². The number of nitrogens with zero attached hydrogens (tertiary/aromatic N) is 3. The molecule has 1 aromatic heterocycles. The normalized spacial score (nSPS) is 15.3. The molecule has 0 radical (unpaired) electrons. The van der Waals surface area contributed by atoms with Crippen LogP contribution in [0.2, 0.25) is 0 Å². The Balaban J connectivity index is 1.48. The Labute approximate surface area is 203 Å². The third-order valence-electron chi connectivity index (χ3n) is 5.64. The number of ether oxygens (including phenoxy) is 3. The average molecular weight is 496 g/mol. The molecule has 1 fully saturated rings. The SMILES string of the molecule is CCOC(=O)CCn1c(=NC(=O)c2ccc(N3C(=O)CCC3=O)cc2)sc2cc3c(cc21)OCO3. The van der Waals surface area contributed by atoms with Crippen LogP contribution in [0.25, 0.3) is 10.2 Å². The molecule has 0 aliphatic carbocycles. The van der Waals surface area contributed by atoms with Gasteiger partial charge >= 0.3 is 5.97 Å². The van der Waals surface area contributed by atoms with E-state index in [0.29, 0.717) is 27.6 Å². The minimum atomic E-state index is -0.493. The van der Waals surface area contributed by atoms with Crippen molar-refractivity contribution in [1.82, 2.24) is 4.57 Å². The third kappa shape index (κ3) is 4.42. The molecule has 0 atom stereocenters. The van der Waals surface area contributed by atoms with Gasteiger partial charge in [-0.3, -0.25) is 24.1 Å². The molecule has 0 unspecified atom stereocenters. The van der Waals surface area contributed by atoms with Crippen LogP contribution in [-0.2, 0) is 25.7 Å². The molecule has 5 rings (SSSR count). The zero-order valence-corrected chi connectivity index (χ0v) is 19.6. The Morgan fingerprint density at radius 3 is 2.43 bits per heavy atom. The van der Waals surface area contributed by atoms with E-state index in [4.69, 9.17) is 14.2 Å². The number of thiazole rings is 1. The fourth-order valence-corrected chi connectivity index (χ4v) is 5.03. The average Bonchev–Trinajstić information content (AvgIpc) is 3.53. The van der Waals surface area contributed by atoms with Gasteiger partial charge in [-0.2, -0.15) is 4.99 Å². The largest absolute Gasteiger partial charge is 0.466 e. The predicted octanol–water partition coefficient (Wildman–Crippen LogP) is 2.78. The Morgan fingerprint density at radius 1 is 1.06 bits per heavy atom. The maximum atomic E-state index is 13.0. The zero-order valence-electron chi connectivity index (χ0n) is 18.8. The molecule has 10 nitrogen and oxygen atoms in total. The first-order chi connectivity index (χ1) is 16.9. The fraction of sp³-hybridized carbons (Fsp3) is 0.292. The van der Waals surface area contributed by atoms with Crippen LogP contribution in [0.4, 0.5) is 5.69 Å². The number of imide groups is 1. The Kier molecular flexibility index (Phi) is 6.08. The van der Waals surface area contributed by atoms with Gasteiger partial charge in [-0.1, -0.05) is 11.3 Å². The first-order valence-corrected chi connectivity index (χ1v) is 11.9. The minimum Gasteiger partial charge on any atom is -0.466 e. The van der Waals surface area contributed by atoms with Gasteiger partial charge in [0.05, 0.1) is 28.9 Å². The lowest BCUT2D eigenvalue weighted by Crippen LogP contribution is -2.28. The van der Waals surface area contributed by atoms with E-state index in [1.165, 1.54) is 23.5 Å². The summed E-state index contributed by atoms with van der Waals surface area (Å²) < 4.78 is 18.6. The van der Waals surface area contributed by atoms with Gasteiger partial charge in [0.2, 0.25) is 18.6 Å². The minimum absolute atomic E-state index is 0.113. The summed E-state index contributed by atoms with van der Waals surface area (Å²) in [6.07, 6.45) is 0.486. The Hall–Kier alpha value is -3.99. The third-order valence-corrected chi connectivity index (χ3v) is 6.68. The van der Waals surface area contributed by atoms with Crippen molar-refractivity contribution in [1.29, 1.82) is 0 Å². The van der Waals surface area contributed by atoms with Gasteiger partial charge in [0.25, 0.3) is 5.91 Å². The first kappa shape index (κ1) is 22.8. The van der Waals surface area contributed by atoms with Crippen molar-refractivity contribution in [2.75, 3.05) is 18.3 Å².